The van der Waals surface area contributed by atoms with Crippen LogP contribution in [0.4, 0.5) is 0 Å². The van der Waals surface area contributed by atoms with Crippen molar-refractivity contribution in [1.82, 2.24) is 5.06 Å². The lowest BCUT2D eigenvalue weighted by Gasteiger charge is -2.16. The quantitative estimate of drug-likeness (QED) is 0.498. The number of hydrogen-bond donors (Lipinski definition) is 1. The van der Waals surface area contributed by atoms with Crippen LogP contribution >= 0.6 is 0 Å². The average Bonchev–Trinajstić information content (AvgIpc) is 2.69. The first-order valence-electron chi connectivity index (χ1n) is 6.29. The van der Waals surface area contributed by atoms with Crippen LogP contribution in [0.15, 0.2) is 0 Å². The zero-order chi connectivity index (χ0) is 15.1. The molecule has 8 heteroatoms. The molecule has 1 N–H and O–H groups in total. The van der Waals surface area contributed by atoms with Crippen molar-refractivity contribution in [2.45, 2.75) is 32.6 Å². The van der Waals surface area contributed by atoms with Gasteiger partial charge in [0, 0.05) is 19.4 Å². The van der Waals surface area contributed by atoms with Gasteiger partial charge in [0.2, 0.25) is 0 Å². The van der Waals surface area contributed by atoms with Gasteiger partial charge < -0.3 is 14.7 Å². The van der Waals surface area contributed by atoms with E-state index in [-0.39, 0.29) is 32.5 Å². The molecule has 1 aliphatic heterocycles. The van der Waals surface area contributed by atoms with Crippen LogP contribution in [0, 0.1) is 5.92 Å². The molecule has 1 rings (SSSR count). The molecule has 0 aromatic carbocycles. The van der Waals surface area contributed by atoms with Gasteiger partial charge >= 0.3 is 11.9 Å². The van der Waals surface area contributed by atoms with Crippen LogP contribution in [-0.2, 0) is 28.8 Å². The molecule has 20 heavy (non-hydrogen) atoms. The number of carboxylic acid groups (broad SMARTS) is 1. The Morgan fingerprint density at radius 3 is 2.40 bits per heavy atom. The Balaban J connectivity index is 2.24. The maximum Gasteiger partial charge on any atom is 0.336 e. The number of rotatable bonds is 8. The van der Waals surface area contributed by atoms with E-state index in [2.05, 4.69) is 0 Å². The van der Waals surface area contributed by atoms with Gasteiger partial charge in [-0.2, -0.15) is 0 Å². The number of hydroxylamine groups is 2. The second kappa shape index (κ2) is 7.59. The molecule has 1 atom stereocenters. The van der Waals surface area contributed by atoms with Crippen LogP contribution in [0.5, 0.6) is 0 Å². The van der Waals surface area contributed by atoms with E-state index in [1.54, 1.807) is 6.92 Å². The Kier molecular flexibility index (Phi) is 6.10. The molecule has 2 amide bonds. The Labute approximate surface area is 115 Å². The number of imide groups is 1. The van der Waals surface area contributed by atoms with Gasteiger partial charge in [0.25, 0.3) is 11.8 Å². The molecule has 1 heterocycles. The van der Waals surface area contributed by atoms with E-state index in [0.29, 0.717) is 11.5 Å². The predicted octanol–water partition coefficient (Wildman–Crippen LogP) is 0.111. The lowest BCUT2D eigenvalue weighted by atomic mass is 10.1. The van der Waals surface area contributed by atoms with E-state index < -0.39 is 29.7 Å². The number of ether oxygens (including phenoxy) is 1. The van der Waals surface area contributed by atoms with Crippen LogP contribution in [0.2, 0.25) is 0 Å². The van der Waals surface area contributed by atoms with Crippen molar-refractivity contribution >= 4 is 23.8 Å². The summed E-state index contributed by atoms with van der Waals surface area (Å²) < 4.78 is 5.04. The van der Waals surface area contributed by atoms with Crippen LogP contribution < -0.4 is 0 Å². The minimum atomic E-state index is -0.955. The summed E-state index contributed by atoms with van der Waals surface area (Å²) >= 11 is 0. The molecule has 0 aromatic rings. The summed E-state index contributed by atoms with van der Waals surface area (Å²) in [5.74, 6) is -3.23. The maximum atomic E-state index is 11.6. The molecule has 0 bridgehead atoms. The van der Waals surface area contributed by atoms with Gasteiger partial charge in [0.05, 0.1) is 18.9 Å². The fourth-order valence-electron chi connectivity index (χ4n) is 1.48. The zero-order valence-corrected chi connectivity index (χ0v) is 11.2. The Morgan fingerprint density at radius 1 is 1.25 bits per heavy atom. The van der Waals surface area contributed by atoms with E-state index in [1.165, 1.54) is 0 Å². The van der Waals surface area contributed by atoms with Crippen molar-refractivity contribution < 1.29 is 33.9 Å². The van der Waals surface area contributed by atoms with E-state index in [0.717, 1.165) is 0 Å². The number of hydrogen-bond acceptors (Lipinski definition) is 6. The standard InChI is InChI=1S/C12H17NO7/c1-8(4-6-19-7-5-11(16)17)12(18)20-13-9(14)2-3-10(13)15/h8H,2-7H2,1H3,(H,16,17). The monoisotopic (exact) mass is 287 g/mol. The van der Waals surface area contributed by atoms with Crippen molar-refractivity contribution in [2.24, 2.45) is 5.92 Å². The van der Waals surface area contributed by atoms with Gasteiger partial charge in [0.1, 0.15) is 0 Å². The minimum absolute atomic E-state index is 0.0544. The summed E-state index contributed by atoms with van der Waals surface area (Å²) in [7, 11) is 0. The summed E-state index contributed by atoms with van der Waals surface area (Å²) in [5.41, 5.74) is 0. The molecule has 0 radical (unpaired) electrons. The maximum absolute atomic E-state index is 11.6. The third-order valence-corrected chi connectivity index (χ3v) is 2.74. The highest BCUT2D eigenvalue weighted by Crippen LogP contribution is 2.15. The second-order valence-corrected chi connectivity index (χ2v) is 4.44. The summed E-state index contributed by atoms with van der Waals surface area (Å²) in [6.07, 6.45) is 0.321. The fourth-order valence-corrected chi connectivity index (χ4v) is 1.48. The largest absolute Gasteiger partial charge is 0.481 e. The first-order chi connectivity index (χ1) is 9.41. The average molecular weight is 287 g/mol. The topological polar surface area (TPSA) is 110 Å². The van der Waals surface area contributed by atoms with Crippen molar-refractivity contribution in [1.29, 1.82) is 0 Å². The summed E-state index contributed by atoms with van der Waals surface area (Å²) in [5, 5.41) is 8.90. The molecule has 0 spiro atoms. The third kappa shape index (κ3) is 4.96. The van der Waals surface area contributed by atoms with Crippen molar-refractivity contribution in [3.8, 4) is 0 Å². The molecular formula is C12H17NO7. The molecule has 1 unspecified atom stereocenters. The number of amides is 2. The summed E-state index contributed by atoms with van der Waals surface area (Å²) in [6.45, 7) is 1.85. The molecule has 0 aliphatic carbocycles. The molecule has 1 saturated heterocycles. The second-order valence-electron chi connectivity index (χ2n) is 4.44. The predicted molar refractivity (Wildman–Crippen MR) is 64.0 cm³/mol. The van der Waals surface area contributed by atoms with Crippen molar-refractivity contribution in [2.75, 3.05) is 13.2 Å². The third-order valence-electron chi connectivity index (χ3n) is 2.74. The Bertz CT molecular complexity index is 391. The molecule has 0 saturated carbocycles. The van der Waals surface area contributed by atoms with Gasteiger partial charge in [-0.1, -0.05) is 6.92 Å². The first kappa shape index (κ1) is 16.1. The number of carbonyl (C=O) groups is 4. The molecule has 112 valence electrons. The highest BCUT2D eigenvalue weighted by atomic mass is 16.7. The highest BCUT2D eigenvalue weighted by Gasteiger charge is 2.33. The molecule has 8 nitrogen and oxygen atoms in total. The van der Waals surface area contributed by atoms with Crippen molar-refractivity contribution in [3.63, 3.8) is 0 Å². The van der Waals surface area contributed by atoms with Gasteiger partial charge in [-0.3, -0.25) is 14.4 Å². The van der Waals surface area contributed by atoms with Crippen LogP contribution in [0.25, 0.3) is 0 Å². The van der Waals surface area contributed by atoms with E-state index in [1.807, 2.05) is 0 Å². The van der Waals surface area contributed by atoms with E-state index in [9.17, 15) is 19.2 Å². The number of aliphatic carboxylic acids is 1. The SMILES string of the molecule is CC(CCOCCC(=O)O)C(=O)ON1C(=O)CCC1=O. The van der Waals surface area contributed by atoms with Gasteiger partial charge in [0.15, 0.2) is 0 Å². The normalized spacial score (nSPS) is 16.4. The number of carbonyl (C=O) groups excluding carboxylic acids is 3. The molecule has 1 fully saturated rings. The van der Waals surface area contributed by atoms with Crippen molar-refractivity contribution in [3.05, 3.63) is 0 Å². The number of nitrogens with zero attached hydrogens (tertiary/aromatic N) is 1. The van der Waals surface area contributed by atoms with E-state index in [4.69, 9.17) is 14.7 Å². The van der Waals surface area contributed by atoms with Gasteiger partial charge in [-0.25, -0.2) is 4.79 Å². The smallest absolute Gasteiger partial charge is 0.336 e. The molecule has 1 aliphatic rings. The number of carboxylic acids is 1. The Hall–Kier alpha value is -1.96. The lowest BCUT2D eigenvalue weighted by molar-refractivity contribution is -0.200. The first-order valence-corrected chi connectivity index (χ1v) is 6.29. The van der Waals surface area contributed by atoms with E-state index >= 15 is 0 Å². The van der Waals surface area contributed by atoms with Gasteiger partial charge in [-0.15, -0.1) is 5.06 Å². The Morgan fingerprint density at radius 2 is 1.85 bits per heavy atom. The highest BCUT2D eigenvalue weighted by molar-refractivity contribution is 6.01. The molecule has 0 aromatic heterocycles. The zero-order valence-electron chi connectivity index (χ0n) is 11.2. The minimum Gasteiger partial charge on any atom is -0.481 e. The van der Waals surface area contributed by atoms with Crippen LogP contribution in [-0.4, -0.2) is 47.1 Å². The summed E-state index contributed by atoms with van der Waals surface area (Å²) in [6, 6.07) is 0. The fraction of sp³-hybridized carbons (Fsp3) is 0.667. The van der Waals surface area contributed by atoms with Crippen LogP contribution in [0.3, 0.4) is 0 Å². The lowest BCUT2D eigenvalue weighted by Crippen LogP contribution is -2.34. The molecular weight excluding hydrogens is 270 g/mol. The summed E-state index contributed by atoms with van der Waals surface area (Å²) in [4.78, 5) is 49.1. The van der Waals surface area contributed by atoms with Gasteiger partial charge in [-0.05, 0) is 6.42 Å². The van der Waals surface area contributed by atoms with Crippen LogP contribution in [0.1, 0.15) is 32.6 Å².